The number of amides is 1. The van der Waals surface area contributed by atoms with Gasteiger partial charge in [0.25, 0.3) is 0 Å². The summed E-state index contributed by atoms with van der Waals surface area (Å²) in [6, 6.07) is 4.85. The van der Waals surface area contributed by atoms with Gasteiger partial charge in [0.1, 0.15) is 6.04 Å². The average Bonchev–Trinajstić information content (AvgIpc) is 2.34. The number of hydrogen-bond donors (Lipinski definition) is 1. The lowest BCUT2D eigenvalue weighted by Crippen LogP contribution is -2.41. The summed E-state index contributed by atoms with van der Waals surface area (Å²) < 4.78 is 0. The molecule has 0 aliphatic carbocycles. The van der Waals surface area contributed by atoms with Crippen LogP contribution in [0.4, 0.5) is 5.69 Å². The zero-order valence-corrected chi connectivity index (χ0v) is 12.3. The number of carbonyl (C=O) groups is 1. The lowest BCUT2D eigenvalue weighted by molar-refractivity contribution is -0.131. The third-order valence-corrected chi connectivity index (χ3v) is 3.30. The van der Waals surface area contributed by atoms with Crippen LogP contribution in [0, 0.1) is 0 Å². The summed E-state index contributed by atoms with van der Waals surface area (Å²) in [5.41, 5.74) is 0.717. The molecule has 0 heterocycles. The molecule has 0 aliphatic heterocycles. The second kappa shape index (κ2) is 6.86. The number of rotatable bonds is 5. The second-order valence-electron chi connectivity index (χ2n) is 4.00. The van der Waals surface area contributed by atoms with E-state index in [9.17, 15) is 4.79 Å². The van der Waals surface area contributed by atoms with Crippen molar-refractivity contribution >= 4 is 34.8 Å². The number of nitrogens with one attached hydrogen (secondary N) is 1. The molecular formula is C13H18Cl2N2O. The van der Waals surface area contributed by atoms with E-state index in [0.29, 0.717) is 28.8 Å². The first-order valence-corrected chi connectivity index (χ1v) is 6.75. The van der Waals surface area contributed by atoms with Crippen molar-refractivity contribution in [2.24, 2.45) is 0 Å². The summed E-state index contributed by atoms with van der Waals surface area (Å²) in [6.45, 7) is 7.16. The molecule has 1 aromatic rings. The smallest absolute Gasteiger partial charge is 0.244 e. The number of hydrogen-bond acceptors (Lipinski definition) is 2. The van der Waals surface area contributed by atoms with Gasteiger partial charge in [-0.25, -0.2) is 0 Å². The number of likely N-dealkylation sites (N-methyl/N-ethyl adjacent to an activating group) is 1. The lowest BCUT2D eigenvalue weighted by Gasteiger charge is -2.24. The average molecular weight is 289 g/mol. The molecule has 3 nitrogen and oxygen atoms in total. The van der Waals surface area contributed by atoms with Crippen LogP contribution < -0.4 is 5.32 Å². The van der Waals surface area contributed by atoms with Crippen LogP contribution in [0.15, 0.2) is 18.2 Å². The molecule has 0 saturated carbocycles. The highest BCUT2D eigenvalue weighted by Crippen LogP contribution is 2.26. The van der Waals surface area contributed by atoms with Crippen molar-refractivity contribution in [3.05, 3.63) is 28.2 Å². The van der Waals surface area contributed by atoms with Crippen LogP contribution in [-0.4, -0.2) is 29.9 Å². The highest BCUT2D eigenvalue weighted by Gasteiger charge is 2.18. The SMILES string of the molecule is CCN(CC)C(=O)C(C)Nc1ccc(Cl)cc1Cl. The third kappa shape index (κ3) is 3.79. The molecule has 100 valence electrons. The van der Waals surface area contributed by atoms with Crippen LogP contribution >= 0.6 is 23.2 Å². The molecule has 0 bridgehead atoms. The molecule has 0 fully saturated rings. The maximum absolute atomic E-state index is 12.1. The number of halogens is 2. The first-order valence-electron chi connectivity index (χ1n) is 6.00. The van der Waals surface area contributed by atoms with Crippen molar-refractivity contribution < 1.29 is 4.79 Å². The minimum atomic E-state index is -0.316. The van der Waals surface area contributed by atoms with Gasteiger partial charge in [0, 0.05) is 18.1 Å². The summed E-state index contributed by atoms with van der Waals surface area (Å²) in [5.74, 6) is 0.0611. The molecule has 0 saturated heterocycles. The highest BCUT2D eigenvalue weighted by molar-refractivity contribution is 6.36. The van der Waals surface area contributed by atoms with Crippen LogP contribution in [0.1, 0.15) is 20.8 Å². The first-order chi connectivity index (χ1) is 8.49. The topological polar surface area (TPSA) is 32.3 Å². The fourth-order valence-corrected chi connectivity index (χ4v) is 2.17. The van der Waals surface area contributed by atoms with Gasteiger partial charge < -0.3 is 10.2 Å². The molecule has 0 aliphatic rings. The number of benzene rings is 1. The Morgan fingerprint density at radius 2 is 1.94 bits per heavy atom. The van der Waals surface area contributed by atoms with Gasteiger partial charge in [-0.2, -0.15) is 0 Å². The Balaban J connectivity index is 2.75. The van der Waals surface area contributed by atoms with Gasteiger partial charge in [0.2, 0.25) is 5.91 Å². The quantitative estimate of drug-likeness (QED) is 0.897. The van der Waals surface area contributed by atoms with E-state index >= 15 is 0 Å². The van der Waals surface area contributed by atoms with E-state index in [1.165, 1.54) is 0 Å². The van der Waals surface area contributed by atoms with E-state index in [4.69, 9.17) is 23.2 Å². The molecule has 1 N–H and O–H groups in total. The highest BCUT2D eigenvalue weighted by atomic mass is 35.5. The second-order valence-corrected chi connectivity index (χ2v) is 4.84. The maximum atomic E-state index is 12.1. The molecule has 18 heavy (non-hydrogen) atoms. The predicted molar refractivity (Wildman–Crippen MR) is 77.5 cm³/mol. The normalized spacial score (nSPS) is 12.1. The minimum Gasteiger partial charge on any atom is -0.373 e. The Morgan fingerprint density at radius 3 is 2.44 bits per heavy atom. The largest absolute Gasteiger partial charge is 0.373 e. The summed E-state index contributed by atoms with van der Waals surface area (Å²) in [5, 5.41) is 4.20. The van der Waals surface area contributed by atoms with E-state index in [2.05, 4.69) is 5.32 Å². The standard InChI is InChI=1S/C13H18Cl2N2O/c1-4-17(5-2)13(18)9(3)16-12-7-6-10(14)8-11(12)15/h6-9,16H,4-5H2,1-3H3. The molecule has 1 unspecified atom stereocenters. The van der Waals surface area contributed by atoms with Crippen molar-refractivity contribution in [3.8, 4) is 0 Å². The summed E-state index contributed by atoms with van der Waals surface area (Å²) in [4.78, 5) is 13.9. The van der Waals surface area contributed by atoms with Crippen molar-refractivity contribution in [3.63, 3.8) is 0 Å². The van der Waals surface area contributed by atoms with Crippen LogP contribution in [0.3, 0.4) is 0 Å². The molecular weight excluding hydrogens is 271 g/mol. The van der Waals surface area contributed by atoms with E-state index in [1.54, 1.807) is 23.1 Å². The fourth-order valence-electron chi connectivity index (χ4n) is 1.71. The van der Waals surface area contributed by atoms with E-state index < -0.39 is 0 Å². The third-order valence-electron chi connectivity index (χ3n) is 2.75. The fraction of sp³-hybridized carbons (Fsp3) is 0.462. The van der Waals surface area contributed by atoms with Gasteiger partial charge in [-0.3, -0.25) is 4.79 Å². The number of anilines is 1. The Labute approximate surface area is 118 Å². The van der Waals surface area contributed by atoms with Crippen LogP contribution in [0.5, 0.6) is 0 Å². The van der Waals surface area contributed by atoms with Gasteiger partial charge in [-0.15, -0.1) is 0 Å². The Morgan fingerprint density at radius 1 is 1.33 bits per heavy atom. The molecule has 1 aromatic carbocycles. The van der Waals surface area contributed by atoms with Crippen molar-refractivity contribution in [2.75, 3.05) is 18.4 Å². The molecule has 1 atom stereocenters. The summed E-state index contributed by atoms with van der Waals surface area (Å²) >= 11 is 11.9. The van der Waals surface area contributed by atoms with E-state index in [-0.39, 0.29) is 11.9 Å². The predicted octanol–water partition coefficient (Wildman–Crippen LogP) is 3.66. The lowest BCUT2D eigenvalue weighted by atomic mass is 10.2. The van der Waals surface area contributed by atoms with Crippen molar-refractivity contribution in [1.82, 2.24) is 4.90 Å². The molecule has 0 aromatic heterocycles. The van der Waals surface area contributed by atoms with E-state index in [0.717, 1.165) is 0 Å². The first kappa shape index (κ1) is 15.1. The molecule has 1 rings (SSSR count). The van der Waals surface area contributed by atoms with Crippen molar-refractivity contribution in [2.45, 2.75) is 26.8 Å². The zero-order valence-electron chi connectivity index (χ0n) is 10.8. The van der Waals surface area contributed by atoms with Gasteiger partial charge in [0.15, 0.2) is 0 Å². The van der Waals surface area contributed by atoms with Gasteiger partial charge in [-0.05, 0) is 39.0 Å². The van der Waals surface area contributed by atoms with E-state index in [1.807, 2.05) is 20.8 Å². The molecule has 5 heteroatoms. The van der Waals surface area contributed by atoms with Gasteiger partial charge >= 0.3 is 0 Å². The Hall–Kier alpha value is -0.930. The van der Waals surface area contributed by atoms with Crippen LogP contribution in [-0.2, 0) is 4.79 Å². The number of carbonyl (C=O) groups excluding carboxylic acids is 1. The summed E-state index contributed by atoms with van der Waals surface area (Å²) in [6.07, 6.45) is 0. The molecule has 0 radical (unpaired) electrons. The Kier molecular flexibility index (Phi) is 5.76. The monoisotopic (exact) mass is 288 g/mol. The molecule has 0 spiro atoms. The number of nitrogens with zero attached hydrogens (tertiary/aromatic N) is 1. The maximum Gasteiger partial charge on any atom is 0.244 e. The van der Waals surface area contributed by atoms with Gasteiger partial charge in [0.05, 0.1) is 10.7 Å². The van der Waals surface area contributed by atoms with Crippen LogP contribution in [0.2, 0.25) is 10.0 Å². The Bertz CT molecular complexity index is 419. The minimum absolute atomic E-state index is 0.0611. The van der Waals surface area contributed by atoms with Crippen molar-refractivity contribution in [1.29, 1.82) is 0 Å². The van der Waals surface area contributed by atoms with Gasteiger partial charge in [-0.1, -0.05) is 23.2 Å². The molecule has 1 amide bonds. The summed E-state index contributed by atoms with van der Waals surface area (Å²) in [7, 11) is 0. The zero-order chi connectivity index (χ0) is 13.7. The van der Waals surface area contributed by atoms with Crippen LogP contribution in [0.25, 0.3) is 0 Å².